The number of fused-ring (bicyclic) bond motifs is 2. The van der Waals surface area contributed by atoms with Crippen molar-refractivity contribution in [2.24, 2.45) is 57.2 Å². The molecule has 5 aliphatic carbocycles. The molecule has 0 N–H and O–H groups in total. The van der Waals surface area contributed by atoms with E-state index in [9.17, 15) is 4.79 Å². The topological polar surface area (TPSA) is 26.3 Å². The van der Waals surface area contributed by atoms with Crippen LogP contribution in [0.25, 0.3) is 0 Å². The smallest absolute Gasteiger partial charge is 0.302 e. The Balaban J connectivity index is 1.31. The van der Waals surface area contributed by atoms with Crippen molar-refractivity contribution < 1.29 is 9.53 Å². The summed E-state index contributed by atoms with van der Waals surface area (Å²) >= 11 is 0. The summed E-state index contributed by atoms with van der Waals surface area (Å²) in [6.07, 6.45) is 18.2. The fourth-order valence-corrected chi connectivity index (χ4v) is 11.6. The minimum absolute atomic E-state index is 0.0779. The molecule has 5 aliphatic rings. The summed E-state index contributed by atoms with van der Waals surface area (Å²) < 4.78 is 5.71. The molecule has 10 atom stereocenters. The van der Waals surface area contributed by atoms with Crippen LogP contribution in [0, 0.1) is 57.2 Å². The Morgan fingerprint density at radius 3 is 2.35 bits per heavy atom. The molecule has 0 aromatic rings. The van der Waals surface area contributed by atoms with Crippen molar-refractivity contribution in [3.05, 3.63) is 0 Å². The van der Waals surface area contributed by atoms with Crippen LogP contribution in [0.2, 0.25) is 0 Å². The van der Waals surface area contributed by atoms with Gasteiger partial charge in [0.15, 0.2) is 0 Å². The maximum Gasteiger partial charge on any atom is 0.302 e. The summed E-state index contributed by atoms with van der Waals surface area (Å²) in [5, 5.41) is 0. The summed E-state index contributed by atoms with van der Waals surface area (Å²) in [6, 6.07) is 0. The zero-order valence-corrected chi connectivity index (χ0v) is 23.6. The highest BCUT2D eigenvalue weighted by molar-refractivity contribution is 5.66. The van der Waals surface area contributed by atoms with E-state index in [2.05, 4.69) is 41.5 Å². The van der Waals surface area contributed by atoms with Crippen LogP contribution in [-0.2, 0) is 9.53 Å². The lowest BCUT2D eigenvalue weighted by Crippen LogP contribution is -2.55. The second-order valence-electron chi connectivity index (χ2n) is 14.8. The second-order valence-corrected chi connectivity index (χ2v) is 14.8. The van der Waals surface area contributed by atoms with Gasteiger partial charge in [-0.25, -0.2) is 0 Å². The molecule has 0 saturated heterocycles. The zero-order chi connectivity index (χ0) is 24.5. The number of hydrogen-bond acceptors (Lipinski definition) is 2. The first-order valence-electron chi connectivity index (χ1n) is 15.2. The second kappa shape index (κ2) is 8.51. The predicted molar refractivity (Wildman–Crippen MR) is 140 cm³/mol. The molecule has 34 heavy (non-hydrogen) atoms. The summed E-state index contributed by atoms with van der Waals surface area (Å²) in [6.45, 7) is 16.9. The van der Waals surface area contributed by atoms with Gasteiger partial charge in [-0.3, -0.25) is 4.79 Å². The van der Waals surface area contributed by atoms with Crippen molar-refractivity contribution in [1.29, 1.82) is 0 Å². The Labute approximate surface area is 210 Å². The van der Waals surface area contributed by atoms with Crippen LogP contribution in [0.4, 0.5) is 0 Å². The molecular weight excluding hydrogens is 416 g/mol. The molecule has 2 heteroatoms. The molecule has 5 saturated carbocycles. The van der Waals surface area contributed by atoms with Crippen LogP contribution in [0.1, 0.15) is 132 Å². The summed E-state index contributed by atoms with van der Waals surface area (Å²) in [5.41, 5.74) is 2.31. The molecule has 0 aromatic carbocycles. The van der Waals surface area contributed by atoms with E-state index in [-0.39, 0.29) is 12.1 Å². The summed E-state index contributed by atoms with van der Waals surface area (Å²) in [5.74, 6) is 5.20. The van der Waals surface area contributed by atoms with Gasteiger partial charge in [-0.1, -0.05) is 54.4 Å². The number of carbonyl (C=O) groups excluding carboxylic acids is 1. The van der Waals surface area contributed by atoms with Gasteiger partial charge in [0.1, 0.15) is 6.10 Å². The molecule has 5 fully saturated rings. The fourth-order valence-electron chi connectivity index (χ4n) is 11.6. The molecule has 0 aromatic heterocycles. The maximum atomic E-state index is 11.6. The monoisotopic (exact) mass is 470 g/mol. The van der Waals surface area contributed by atoms with Crippen molar-refractivity contribution in [3.63, 3.8) is 0 Å². The Kier molecular flexibility index (Phi) is 6.29. The lowest BCUT2D eigenvalue weighted by molar-refractivity contribution is -0.156. The van der Waals surface area contributed by atoms with E-state index in [1.54, 1.807) is 6.92 Å². The Morgan fingerprint density at radius 2 is 1.68 bits per heavy atom. The highest BCUT2D eigenvalue weighted by Crippen LogP contribution is 2.87. The molecule has 10 unspecified atom stereocenters. The van der Waals surface area contributed by atoms with Crippen LogP contribution >= 0.6 is 0 Å². The molecule has 0 heterocycles. The normalized spacial score (nSPS) is 48.8. The SMILES string of the molecule is CCC(CCC(C)C1CCC2(C)C3CCC4CC(OC(C)=O)CCC45CC35CCC12C)C(C)C. The Hall–Kier alpha value is -0.530. The first-order valence-corrected chi connectivity index (χ1v) is 15.2. The van der Waals surface area contributed by atoms with Crippen molar-refractivity contribution in [2.75, 3.05) is 0 Å². The molecule has 2 nitrogen and oxygen atoms in total. The number of hydrogen-bond donors (Lipinski definition) is 0. The minimum atomic E-state index is -0.0779. The first-order chi connectivity index (χ1) is 16.0. The first kappa shape index (κ1) is 25.1. The van der Waals surface area contributed by atoms with Crippen molar-refractivity contribution in [1.82, 2.24) is 0 Å². The van der Waals surface area contributed by atoms with Crippen molar-refractivity contribution >= 4 is 5.97 Å². The number of ether oxygens (including phenoxy) is 1. The maximum absolute atomic E-state index is 11.6. The Morgan fingerprint density at radius 1 is 0.912 bits per heavy atom. The minimum Gasteiger partial charge on any atom is -0.463 e. The molecule has 194 valence electrons. The van der Waals surface area contributed by atoms with Gasteiger partial charge >= 0.3 is 5.97 Å². The molecule has 0 radical (unpaired) electrons. The standard InChI is InChI=1S/C32H54O2/c1-8-24(21(2)3)10-9-22(4)27-14-15-30(7)28-12-11-25-19-26(34-23(5)33)13-16-31(25)20-32(28,31)18-17-29(27,30)6/h21-22,24-28H,8-20H2,1-7H3. The number of esters is 1. The van der Waals surface area contributed by atoms with E-state index in [0.29, 0.717) is 21.7 Å². The zero-order valence-electron chi connectivity index (χ0n) is 23.6. The van der Waals surface area contributed by atoms with Crippen molar-refractivity contribution in [3.8, 4) is 0 Å². The van der Waals surface area contributed by atoms with E-state index >= 15 is 0 Å². The van der Waals surface area contributed by atoms with Gasteiger partial charge in [0.05, 0.1) is 0 Å². The summed E-state index contributed by atoms with van der Waals surface area (Å²) in [7, 11) is 0. The number of carbonyl (C=O) groups is 1. The quantitative estimate of drug-likeness (QED) is 0.347. The van der Waals surface area contributed by atoms with E-state index < -0.39 is 0 Å². The predicted octanol–water partition coefficient (Wildman–Crippen LogP) is 8.82. The third kappa shape index (κ3) is 3.42. The average Bonchev–Trinajstić information content (AvgIpc) is 3.35. The fraction of sp³-hybridized carbons (Fsp3) is 0.969. The van der Waals surface area contributed by atoms with Gasteiger partial charge < -0.3 is 4.74 Å². The molecule has 0 bridgehead atoms. The lowest BCUT2D eigenvalue weighted by atomic mass is 9.43. The van der Waals surface area contributed by atoms with Gasteiger partial charge in [0.25, 0.3) is 0 Å². The van der Waals surface area contributed by atoms with Gasteiger partial charge in [-0.2, -0.15) is 0 Å². The average molecular weight is 471 g/mol. The molecular formula is C32H54O2. The van der Waals surface area contributed by atoms with Gasteiger partial charge in [0, 0.05) is 6.92 Å². The third-order valence-electron chi connectivity index (χ3n) is 13.6. The van der Waals surface area contributed by atoms with Crippen molar-refractivity contribution in [2.45, 2.75) is 138 Å². The van der Waals surface area contributed by atoms with Crippen LogP contribution in [-0.4, -0.2) is 12.1 Å². The van der Waals surface area contributed by atoms with E-state index in [0.717, 1.165) is 48.3 Å². The lowest BCUT2D eigenvalue weighted by Gasteiger charge is -2.61. The third-order valence-corrected chi connectivity index (χ3v) is 13.6. The van der Waals surface area contributed by atoms with E-state index in [4.69, 9.17) is 4.74 Å². The van der Waals surface area contributed by atoms with Gasteiger partial charge in [-0.15, -0.1) is 0 Å². The largest absolute Gasteiger partial charge is 0.463 e. The molecule has 0 aliphatic heterocycles. The van der Waals surface area contributed by atoms with E-state index in [1.165, 1.54) is 70.6 Å². The number of rotatable bonds is 7. The molecule has 0 amide bonds. The van der Waals surface area contributed by atoms with Crippen LogP contribution < -0.4 is 0 Å². The summed E-state index contributed by atoms with van der Waals surface area (Å²) in [4.78, 5) is 11.6. The highest BCUT2D eigenvalue weighted by atomic mass is 16.5. The van der Waals surface area contributed by atoms with Crippen LogP contribution in [0.15, 0.2) is 0 Å². The molecule has 5 rings (SSSR count). The Bertz CT molecular complexity index is 788. The van der Waals surface area contributed by atoms with Gasteiger partial charge in [0.2, 0.25) is 0 Å². The highest BCUT2D eigenvalue weighted by Gasteiger charge is 2.80. The van der Waals surface area contributed by atoms with E-state index in [1.807, 2.05) is 0 Å². The molecule has 2 spiro atoms. The van der Waals surface area contributed by atoms with Crippen LogP contribution in [0.3, 0.4) is 0 Å². The van der Waals surface area contributed by atoms with Crippen LogP contribution in [0.5, 0.6) is 0 Å². The van der Waals surface area contributed by atoms with Gasteiger partial charge in [-0.05, 0) is 128 Å².